The van der Waals surface area contributed by atoms with E-state index in [0.29, 0.717) is 18.5 Å². The van der Waals surface area contributed by atoms with Crippen molar-refractivity contribution in [2.75, 3.05) is 6.54 Å². The van der Waals surface area contributed by atoms with Crippen LogP contribution in [-0.4, -0.2) is 23.2 Å². The van der Waals surface area contributed by atoms with Gasteiger partial charge in [-0.05, 0) is 37.5 Å². The minimum Gasteiger partial charge on any atom is -0.390 e. The van der Waals surface area contributed by atoms with Crippen molar-refractivity contribution in [2.24, 2.45) is 0 Å². The second-order valence-electron chi connectivity index (χ2n) is 4.96. The lowest BCUT2D eigenvalue weighted by atomic mass is 10.0. The first-order chi connectivity index (χ1) is 7.97. The maximum Gasteiger partial charge on any atom is 0.251 e. The maximum atomic E-state index is 11.9. The van der Waals surface area contributed by atoms with Gasteiger partial charge in [0.05, 0.1) is 5.60 Å². The molecular formula is C14H17NO2. The first-order valence-electron chi connectivity index (χ1n) is 5.79. The first-order valence-corrected chi connectivity index (χ1v) is 5.79. The van der Waals surface area contributed by atoms with Crippen molar-refractivity contribution in [3.8, 4) is 0 Å². The number of amides is 1. The highest BCUT2D eigenvalue weighted by Gasteiger charge is 2.22. The van der Waals surface area contributed by atoms with E-state index in [1.807, 2.05) is 30.4 Å². The Hall–Kier alpha value is -1.61. The van der Waals surface area contributed by atoms with E-state index in [-0.39, 0.29) is 5.91 Å². The van der Waals surface area contributed by atoms with E-state index in [4.69, 9.17) is 0 Å². The third-order valence-corrected chi connectivity index (χ3v) is 2.84. The predicted octanol–water partition coefficient (Wildman–Crippen LogP) is 1.63. The zero-order chi connectivity index (χ0) is 12.5. The summed E-state index contributed by atoms with van der Waals surface area (Å²) in [6.07, 6.45) is 10.2. The van der Waals surface area contributed by atoms with Gasteiger partial charge in [-0.1, -0.05) is 24.3 Å². The number of allylic oxidation sites excluding steroid dienone is 6. The van der Waals surface area contributed by atoms with Crippen molar-refractivity contribution < 1.29 is 9.90 Å². The van der Waals surface area contributed by atoms with Crippen LogP contribution in [0.1, 0.15) is 20.3 Å². The summed E-state index contributed by atoms with van der Waals surface area (Å²) in [6, 6.07) is 0. The molecule has 2 N–H and O–H groups in total. The Morgan fingerprint density at radius 1 is 1.35 bits per heavy atom. The van der Waals surface area contributed by atoms with Gasteiger partial charge < -0.3 is 10.4 Å². The molecule has 3 heteroatoms. The average Bonchev–Trinajstić information content (AvgIpc) is 2.74. The van der Waals surface area contributed by atoms with Gasteiger partial charge in [0, 0.05) is 12.1 Å². The van der Waals surface area contributed by atoms with Crippen molar-refractivity contribution >= 4 is 5.91 Å². The molecule has 0 saturated carbocycles. The predicted molar refractivity (Wildman–Crippen MR) is 67.3 cm³/mol. The molecule has 0 fully saturated rings. The zero-order valence-electron chi connectivity index (χ0n) is 10.2. The molecule has 17 heavy (non-hydrogen) atoms. The van der Waals surface area contributed by atoms with E-state index in [1.165, 1.54) is 0 Å². The molecule has 0 atom stereocenters. The molecule has 0 aromatic heterocycles. The number of carbonyl (C=O) groups excluding carboxylic acids is 1. The van der Waals surface area contributed by atoms with Crippen LogP contribution in [0.5, 0.6) is 0 Å². The summed E-state index contributed by atoms with van der Waals surface area (Å²) in [6.45, 7) is 3.95. The van der Waals surface area contributed by atoms with Crippen molar-refractivity contribution in [2.45, 2.75) is 25.9 Å². The Kier molecular flexibility index (Phi) is 3.03. The van der Waals surface area contributed by atoms with Gasteiger partial charge in [-0.15, -0.1) is 0 Å². The molecule has 0 aromatic rings. The molecule has 0 radical (unpaired) electrons. The van der Waals surface area contributed by atoms with Gasteiger partial charge in [-0.25, -0.2) is 0 Å². The summed E-state index contributed by atoms with van der Waals surface area (Å²) < 4.78 is 0. The Labute approximate surface area is 101 Å². The second-order valence-corrected chi connectivity index (χ2v) is 4.96. The van der Waals surface area contributed by atoms with Crippen LogP contribution in [0.2, 0.25) is 0 Å². The summed E-state index contributed by atoms with van der Waals surface area (Å²) in [5, 5.41) is 12.4. The summed E-state index contributed by atoms with van der Waals surface area (Å²) in [5.74, 6) is -0.0737. The smallest absolute Gasteiger partial charge is 0.251 e. The molecule has 2 aliphatic carbocycles. The summed E-state index contributed by atoms with van der Waals surface area (Å²) in [4.78, 5) is 11.9. The topological polar surface area (TPSA) is 49.3 Å². The molecule has 1 amide bonds. The van der Waals surface area contributed by atoms with Crippen LogP contribution >= 0.6 is 0 Å². The Morgan fingerprint density at radius 3 is 2.82 bits per heavy atom. The van der Waals surface area contributed by atoms with Crippen LogP contribution in [0.4, 0.5) is 0 Å². The quantitative estimate of drug-likeness (QED) is 0.772. The lowest BCUT2D eigenvalue weighted by Crippen LogP contribution is -2.31. The fraction of sp³-hybridized carbons (Fsp3) is 0.357. The molecule has 0 saturated heterocycles. The van der Waals surface area contributed by atoms with E-state index in [9.17, 15) is 9.90 Å². The highest BCUT2D eigenvalue weighted by atomic mass is 16.3. The SMILES string of the molecule is CC(C)(O)CCNC(=O)C1=CC=C2C=CC=C21. The van der Waals surface area contributed by atoms with Crippen molar-refractivity contribution in [3.05, 3.63) is 47.1 Å². The standard InChI is InChI=1S/C14H17NO2/c1-14(2,17)8-9-15-13(16)12-7-6-10-4-3-5-11(10)12/h3-7,17H,8-9H2,1-2H3,(H,15,16). The highest BCUT2D eigenvalue weighted by Crippen LogP contribution is 2.30. The minimum absolute atomic E-state index is 0.0737. The molecule has 0 bridgehead atoms. The number of hydrogen-bond acceptors (Lipinski definition) is 2. The molecule has 0 unspecified atom stereocenters. The fourth-order valence-electron chi connectivity index (χ4n) is 1.86. The van der Waals surface area contributed by atoms with Gasteiger partial charge in [-0.3, -0.25) is 4.79 Å². The van der Waals surface area contributed by atoms with Crippen LogP contribution in [0.3, 0.4) is 0 Å². The molecular weight excluding hydrogens is 214 g/mol. The van der Waals surface area contributed by atoms with Crippen LogP contribution in [0, 0.1) is 0 Å². The zero-order valence-corrected chi connectivity index (χ0v) is 10.2. The van der Waals surface area contributed by atoms with Crippen LogP contribution < -0.4 is 5.32 Å². The van der Waals surface area contributed by atoms with Gasteiger partial charge in [0.15, 0.2) is 0 Å². The molecule has 2 rings (SSSR count). The minimum atomic E-state index is -0.741. The Balaban J connectivity index is 1.87. The van der Waals surface area contributed by atoms with Gasteiger partial charge in [0.25, 0.3) is 5.91 Å². The van der Waals surface area contributed by atoms with Crippen LogP contribution in [0.15, 0.2) is 47.1 Å². The van der Waals surface area contributed by atoms with Crippen molar-refractivity contribution in [3.63, 3.8) is 0 Å². The molecule has 3 nitrogen and oxygen atoms in total. The normalized spacial score (nSPS) is 17.5. The van der Waals surface area contributed by atoms with E-state index >= 15 is 0 Å². The van der Waals surface area contributed by atoms with Gasteiger partial charge in [0.2, 0.25) is 0 Å². The number of fused-ring (bicyclic) bond motifs is 1. The Bertz CT molecular complexity index is 459. The lowest BCUT2D eigenvalue weighted by Gasteiger charge is -2.17. The average molecular weight is 231 g/mol. The second kappa shape index (κ2) is 4.34. The Morgan fingerprint density at radius 2 is 2.12 bits per heavy atom. The molecule has 0 spiro atoms. The van der Waals surface area contributed by atoms with Gasteiger partial charge >= 0.3 is 0 Å². The van der Waals surface area contributed by atoms with E-state index < -0.39 is 5.60 Å². The third kappa shape index (κ3) is 2.74. The maximum absolute atomic E-state index is 11.9. The van der Waals surface area contributed by atoms with Gasteiger partial charge in [-0.2, -0.15) is 0 Å². The monoisotopic (exact) mass is 231 g/mol. The van der Waals surface area contributed by atoms with E-state index in [2.05, 4.69) is 5.32 Å². The number of hydrogen-bond donors (Lipinski definition) is 2. The molecule has 0 aliphatic heterocycles. The number of rotatable bonds is 4. The summed E-state index contributed by atoms with van der Waals surface area (Å²) in [5.41, 5.74) is 2.05. The van der Waals surface area contributed by atoms with E-state index in [1.54, 1.807) is 13.8 Å². The number of aliphatic hydroxyl groups is 1. The van der Waals surface area contributed by atoms with Crippen molar-refractivity contribution in [1.29, 1.82) is 0 Å². The summed E-state index contributed by atoms with van der Waals surface area (Å²) in [7, 11) is 0. The highest BCUT2D eigenvalue weighted by molar-refractivity contribution is 6.01. The number of carbonyl (C=O) groups is 1. The number of nitrogens with one attached hydrogen (secondary N) is 1. The third-order valence-electron chi connectivity index (χ3n) is 2.84. The fourth-order valence-corrected chi connectivity index (χ4v) is 1.86. The van der Waals surface area contributed by atoms with Crippen molar-refractivity contribution in [1.82, 2.24) is 5.32 Å². The van der Waals surface area contributed by atoms with Crippen LogP contribution in [0.25, 0.3) is 0 Å². The first kappa shape index (κ1) is 11.9. The summed E-state index contributed by atoms with van der Waals surface area (Å²) >= 11 is 0. The van der Waals surface area contributed by atoms with Gasteiger partial charge in [0.1, 0.15) is 0 Å². The van der Waals surface area contributed by atoms with E-state index in [0.717, 1.165) is 11.1 Å². The molecule has 2 aliphatic rings. The molecule has 90 valence electrons. The molecule has 0 aromatic carbocycles. The van der Waals surface area contributed by atoms with Crippen LogP contribution in [-0.2, 0) is 4.79 Å². The molecule has 0 heterocycles. The lowest BCUT2D eigenvalue weighted by molar-refractivity contribution is -0.117. The largest absolute Gasteiger partial charge is 0.390 e.